The number of carbonyl (C=O) groups excluding carboxylic acids is 1. The highest BCUT2D eigenvalue weighted by atomic mass is 16.4. The summed E-state index contributed by atoms with van der Waals surface area (Å²) in [5.41, 5.74) is 0. The first-order chi connectivity index (χ1) is 16.5. The second kappa shape index (κ2) is 19.5. The van der Waals surface area contributed by atoms with Gasteiger partial charge in [-0.3, -0.25) is 38.7 Å². The van der Waals surface area contributed by atoms with Gasteiger partial charge >= 0.3 is 23.9 Å². The van der Waals surface area contributed by atoms with E-state index < -0.39 is 50.1 Å². The third kappa shape index (κ3) is 20.3. The summed E-state index contributed by atoms with van der Waals surface area (Å²) in [5.74, 6) is -5.02. The monoisotopic (exact) mass is 504 g/mol. The van der Waals surface area contributed by atoms with Crippen molar-refractivity contribution in [1.29, 1.82) is 0 Å². The Hall–Kier alpha value is -2.77. The van der Waals surface area contributed by atoms with E-state index in [9.17, 15) is 24.0 Å². The number of rotatable bonds is 23. The molecule has 5 N–H and O–H groups in total. The highest BCUT2D eigenvalue weighted by Crippen LogP contribution is 2.04. The molecule has 0 aromatic heterocycles. The van der Waals surface area contributed by atoms with Crippen LogP contribution in [0.5, 0.6) is 0 Å². The highest BCUT2D eigenvalue weighted by molar-refractivity contribution is 5.79. The number of nitrogens with zero attached hydrogens (tertiary/aromatic N) is 3. The molecule has 0 aliphatic heterocycles. The van der Waals surface area contributed by atoms with Gasteiger partial charge in [-0.1, -0.05) is 39.0 Å². The molecule has 0 rings (SSSR count). The summed E-state index contributed by atoms with van der Waals surface area (Å²) in [6.45, 7) is 0.856. The van der Waals surface area contributed by atoms with Crippen LogP contribution in [0.2, 0.25) is 0 Å². The molecule has 0 heterocycles. The third-order valence-corrected chi connectivity index (χ3v) is 5.12. The van der Waals surface area contributed by atoms with Gasteiger partial charge in [-0.2, -0.15) is 0 Å². The summed E-state index contributed by atoms with van der Waals surface area (Å²) in [5, 5.41) is 39.0. The fourth-order valence-corrected chi connectivity index (χ4v) is 3.42. The minimum atomic E-state index is -1.21. The first-order valence-corrected chi connectivity index (χ1v) is 11.8. The first kappa shape index (κ1) is 32.2. The van der Waals surface area contributed by atoms with Crippen LogP contribution in [-0.2, 0) is 24.0 Å². The average molecular weight is 505 g/mol. The predicted molar refractivity (Wildman–Crippen MR) is 126 cm³/mol. The lowest BCUT2D eigenvalue weighted by molar-refractivity contribution is -0.143. The lowest BCUT2D eigenvalue weighted by atomic mass is 10.1. The second-order valence-corrected chi connectivity index (χ2v) is 8.39. The van der Waals surface area contributed by atoms with Crippen LogP contribution < -0.4 is 5.32 Å². The van der Waals surface area contributed by atoms with Crippen molar-refractivity contribution >= 4 is 29.8 Å². The molecule has 0 spiro atoms. The number of carbonyl (C=O) groups is 5. The molecule has 0 aromatic carbocycles. The van der Waals surface area contributed by atoms with Crippen LogP contribution in [0.1, 0.15) is 45.4 Å². The summed E-state index contributed by atoms with van der Waals surface area (Å²) >= 11 is 0. The van der Waals surface area contributed by atoms with Crippen molar-refractivity contribution in [2.24, 2.45) is 0 Å². The van der Waals surface area contributed by atoms with E-state index in [4.69, 9.17) is 20.4 Å². The normalized spacial score (nSPS) is 11.2. The maximum atomic E-state index is 12.2. The summed E-state index contributed by atoms with van der Waals surface area (Å²) in [7, 11) is 0. The quantitative estimate of drug-likeness (QED) is 0.115. The van der Waals surface area contributed by atoms with Crippen LogP contribution in [0.3, 0.4) is 0 Å². The topological polar surface area (TPSA) is 188 Å². The Morgan fingerprint density at radius 2 is 0.914 bits per heavy atom. The van der Waals surface area contributed by atoms with Crippen LogP contribution >= 0.6 is 0 Å². The third-order valence-electron chi connectivity index (χ3n) is 5.12. The molecule has 1 amide bonds. The molecule has 0 bridgehead atoms. The van der Waals surface area contributed by atoms with Crippen molar-refractivity contribution in [3.8, 4) is 0 Å². The fraction of sp³-hybridized carbons (Fsp3) is 0.773. The number of unbranched alkanes of at least 4 members (excludes halogenated alkanes) is 5. The zero-order valence-corrected chi connectivity index (χ0v) is 20.5. The Bertz CT molecular complexity index is 659. The van der Waals surface area contributed by atoms with Gasteiger partial charge in [-0.05, 0) is 6.42 Å². The zero-order valence-electron chi connectivity index (χ0n) is 20.5. The minimum absolute atomic E-state index is 0.0104. The van der Waals surface area contributed by atoms with E-state index in [1.54, 1.807) is 0 Å². The van der Waals surface area contributed by atoms with Crippen molar-refractivity contribution in [1.82, 2.24) is 20.0 Å². The van der Waals surface area contributed by atoms with E-state index in [-0.39, 0.29) is 38.6 Å². The Labute approximate surface area is 205 Å². The number of hydrogen-bond donors (Lipinski definition) is 5. The molecule has 0 radical (unpaired) electrons. The molecular formula is C22H40N4O9. The van der Waals surface area contributed by atoms with E-state index in [1.807, 2.05) is 0 Å². The zero-order chi connectivity index (χ0) is 26.6. The van der Waals surface area contributed by atoms with Crippen LogP contribution in [0.15, 0.2) is 0 Å². The number of carboxylic acids is 4. The number of amides is 1. The van der Waals surface area contributed by atoms with Crippen LogP contribution in [0, 0.1) is 0 Å². The van der Waals surface area contributed by atoms with Crippen LogP contribution in [0.4, 0.5) is 0 Å². The standard InChI is InChI=1S/C22H40N4O9/c1-2-3-4-5-6-7-8-23-18(27)13-25(15-20(30)31)11-9-24(14-19(28)29)10-12-26(16-21(32)33)17-22(34)35/h2-17H2,1H3,(H,23,27)(H,28,29)(H,30,31)(H,32,33)(H,34,35). The number of nitrogens with one attached hydrogen (secondary N) is 1. The Kier molecular flexibility index (Phi) is 18.0. The maximum Gasteiger partial charge on any atom is 0.317 e. The van der Waals surface area contributed by atoms with Gasteiger partial charge < -0.3 is 25.7 Å². The van der Waals surface area contributed by atoms with Gasteiger partial charge in [0.15, 0.2) is 0 Å². The molecule has 0 aliphatic carbocycles. The van der Waals surface area contributed by atoms with Crippen LogP contribution in [-0.4, -0.2) is 130 Å². The van der Waals surface area contributed by atoms with Crippen molar-refractivity contribution in [2.75, 3.05) is 65.4 Å². The molecule has 0 unspecified atom stereocenters. The summed E-state index contributed by atoms with van der Waals surface area (Å²) in [6.07, 6.45) is 6.45. The summed E-state index contributed by atoms with van der Waals surface area (Å²) in [4.78, 5) is 60.6. The lowest BCUT2D eigenvalue weighted by Crippen LogP contribution is -2.46. The smallest absolute Gasteiger partial charge is 0.317 e. The van der Waals surface area contributed by atoms with Gasteiger partial charge in [0.05, 0.1) is 32.7 Å². The van der Waals surface area contributed by atoms with E-state index in [2.05, 4.69) is 12.2 Å². The fourth-order valence-electron chi connectivity index (χ4n) is 3.42. The lowest BCUT2D eigenvalue weighted by Gasteiger charge is -2.27. The van der Waals surface area contributed by atoms with Gasteiger partial charge in [-0.25, -0.2) is 0 Å². The second-order valence-electron chi connectivity index (χ2n) is 8.39. The van der Waals surface area contributed by atoms with E-state index in [1.165, 1.54) is 16.2 Å². The van der Waals surface area contributed by atoms with E-state index in [0.717, 1.165) is 37.0 Å². The molecule has 13 nitrogen and oxygen atoms in total. The van der Waals surface area contributed by atoms with Crippen molar-refractivity contribution in [2.45, 2.75) is 45.4 Å². The van der Waals surface area contributed by atoms with Crippen molar-refractivity contribution in [3.05, 3.63) is 0 Å². The van der Waals surface area contributed by atoms with E-state index >= 15 is 0 Å². The Morgan fingerprint density at radius 1 is 0.543 bits per heavy atom. The van der Waals surface area contributed by atoms with Crippen molar-refractivity contribution in [3.63, 3.8) is 0 Å². The largest absolute Gasteiger partial charge is 0.480 e. The maximum absolute atomic E-state index is 12.2. The molecule has 35 heavy (non-hydrogen) atoms. The number of carboxylic acid groups (broad SMARTS) is 4. The molecule has 0 saturated heterocycles. The van der Waals surface area contributed by atoms with Gasteiger partial charge in [0, 0.05) is 32.7 Å². The first-order valence-electron chi connectivity index (χ1n) is 11.8. The summed E-state index contributed by atoms with van der Waals surface area (Å²) < 4.78 is 0. The molecule has 0 aromatic rings. The molecular weight excluding hydrogens is 464 g/mol. The van der Waals surface area contributed by atoms with Gasteiger partial charge in [0.25, 0.3) is 0 Å². The number of hydrogen-bond acceptors (Lipinski definition) is 8. The number of aliphatic carboxylic acids is 4. The Morgan fingerprint density at radius 3 is 1.37 bits per heavy atom. The van der Waals surface area contributed by atoms with Gasteiger partial charge in [-0.15, -0.1) is 0 Å². The highest BCUT2D eigenvalue weighted by Gasteiger charge is 2.19. The molecule has 0 fully saturated rings. The Balaban J connectivity index is 4.76. The molecule has 13 heteroatoms. The minimum Gasteiger partial charge on any atom is -0.480 e. The van der Waals surface area contributed by atoms with E-state index in [0.29, 0.717) is 6.54 Å². The molecule has 0 aliphatic rings. The van der Waals surface area contributed by atoms with Gasteiger partial charge in [0.2, 0.25) is 5.91 Å². The molecule has 202 valence electrons. The summed E-state index contributed by atoms with van der Waals surface area (Å²) in [6, 6.07) is 0. The average Bonchev–Trinajstić information content (AvgIpc) is 2.73. The van der Waals surface area contributed by atoms with Crippen LogP contribution in [0.25, 0.3) is 0 Å². The SMILES string of the molecule is CCCCCCCCNC(=O)CN(CCN(CCN(CC(=O)O)CC(=O)O)CC(=O)O)CC(=O)O. The molecule has 0 atom stereocenters. The predicted octanol–water partition coefficient (Wildman–Crippen LogP) is -0.292. The van der Waals surface area contributed by atoms with Crippen molar-refractivity contribution < 1.29 is 44.4 Å². The molecule has 0 saturated carbocycles. The van der Waals surface area contributed by atoms with Gasteiger partial charge in [0.1, 0.15) is 0 Å².